The van der Waals surface area contributed by atoms with Crippen LogP contribution in [0.5, 0.6) is 0 Å². The average molecular weight is 379 g/mol. The molecule has 0 atom stereocenters. The van der Waals surface area contributed by atoms with Crippen molar-refractivity contribution in [1.82, 2.24) is 14.7 Å². The van der Waals surface area contributed by atoms with Crippen molar-refractivity contribution in [3.63, 3.8) is 0 Å². The minimum Gasteiger partial charge on any atom is -0.360 e. The fourth-order valence-electron chi connectivity index (χ4n) is 3.32. The molecule has 0 radical (unpaired) electrons. The predicted octanol–water partition coefficient (Wildman–Crippen LogP) is 3.33. The van der Waals surface area contributed by atoms with Gasteiger partial charge in [0, 0.05) is 18.3 Å². The molecule has 144 valence electrons. The maximum absolute atomic E-state index is 12.8. The third-order valence-corrected chi connectivity index (χ3v) is 4.72. The number of nitrogens with one attached hydrogen (secondary N) is 2. The van der Waals surface area contributed by atoms with E-state index in [0.717, 1.165) is 24.1 Å². The third-order valence-electron chi connectivity index (χ3n) is 4.72. The minimum absolute atomic E-state index is 0.247. The lowest BCUT2D eigenvalue weighted by Crippen LogP contribution is -2.21. The Morgan fingerprint density at radius 1 is 1.07 bits per heavy atom. The van der Waals surface area contributed by atoms with Gasteiger partial charge in [-0.25, -0.2) is 4.98 Å². The monoisotopic (exact) mass is 379 g/mol. The summed E-state index contributed by atoms with van der Waals surface area (Å²) in [6.07, 6.45) is 2.59. The number of benzene rings is 1. The highest BCUT2D eigenvalue weighted by atomic mass is 16.5. The number of imidazole rings is 1. The summed E-state index contributed by atoms with van der Waals surface area (Å²) >= 11 is 0. The van der Waals surface area contributed by atoms with Gasteiger partial charge in [-0.1, -0.05) is 22.9 Å². The Bertz CT molecular complexity index is 1030. The molecule has 0 aliphatic carbocycles. The lowest BCUT2D eigenvalue weighted by Gasteiger charge is -2.17. The van der Waals surface area contributed by atoms with Crippen LogP contribution >= 0.6 is 0 Å². The summed E-state index contributed by atoms with van der Waals surface area (Å²) < 4.78 is 6.82. The van der Waals surface area contributed by atoms with Crippen LogP contribution in [0.3, 0.4) is 0 Å². The van der Waals surface area contributed by atoms with Crippen LogP contribution in [0.4, 0.5) is 11.5 Å². The summed E-state index contributed by atoms with van der Waals surface area (Å²) in [5, 5.41) is 9.32. The molecule has 8 heteroatoms. The third kappa shape index (κ3) is 3.53. The zero-order chi connectivity index (χ0) is 19.7. The number of aromatic nitrogens is 3. The van der Waals surface area contributed by atoms with Crippen LogP contribution in [0.15, 0.2) is 34.9 Å². The number of carbonyl (C=O) groups excluding carboxylic acids is 2. The Kier molecular flexibility index (Phi) is 4.68. The van der Waals surface area contributed by atoms with Crippen molar-refractivity contribution >= 4 is 23.3 Å². The van der Waals surface area contributed by atoms with Crippen molar-refractivity contribution < 1.29 is 14.1 Å². The smallest absolute Gasteiger partial charge is 0.291 e. The van der Waals surface area contributed by atoms with E-state index >= 15 is 0 Å². The number of aryl methyl sites for hydroxylation is 2. The van der Waals surface area contributed by atoms with E-state index in [1.165, 1.54) is 0 Å². The van der Waals surface area contributed by atoms with Crippen molar-refractivity contribution in [2.75, 3.05) is 10.6 Å². The largest absolute Gasteiger partial charge is 0.360 e. The number of fused-ring (bicyclic) bond motifs is 1. The summed E-state index contributed by atoms with van der Waals surface area (Å²) in [4.78, 5) is 29.9. The molecule has 0 fully saturated rings. The second-order valence-corrected chi connectivity index (χ2v) is 6.94. The molecule has 4 rings (SSSR count). The Labute approximate surface area is 161 Å². The summed E-state index contributed by atoms with van der Waals surface area (Å²) in [5.41, 5.74) is 2.83. The Hall–Kier alpha value is -3.42. The van der Waals surface area contributed by atoms with Gasteiger partial charge in [0.15, 0.2) is 17.3 Å². The van der Waals surface area contributed by atoms with Gasteiger partial charge >= 0.3 is 0 Å². The predicted molar refractivity (Wildman–Crippen MR) is 103 cm³/mol. The molecule has 28 heavy (non-hydrogen) atoms. The molecule has 0 saturated carbocycles. The summed E-state index contributed by atoms with van der Waals surface area (Å²) in [6, 6.07) is 9.16. The number of nitrogens with zero attached hydrogens (tertiary/aromatic N) is 3. The van der Waals surface area contributed by atoms with Gasteiger partial charge in [-0.3, -0.25) is 9.59 Å². The first-order chi connectivity index (χ1) is 13.5. The van der Waals surface area contributed by atoms with Crippen molar-refractivity contribution in [3.8, 4) is 0 Å². The molecule has 2 aromatic heterocycles. The van der Waals surface area contributed by atoms with E-state index in [-0.39, 0.29) is 17.4 Å². The topological polar surface area (TPSA) is 102 Å². The molecule has 0 spiro atoms. The van der Waals surface area contributed by atoms with Crippen molar-refractivity contribution in [3.05, 3.63) is 58.9 Å². The molecule has 2 N–H and O–H groups in total. The van der Waals surface area contributed by atoms with Gasteiger partial charge in [0.1, 0.15) is 5.76 Å². The molecule has 3 aromatic rings. The van der Waals surface area contributed by atoms with E-state index < -0.39 is 5.91 Å². The highest BCUT2D eigenvalue weighted by molar-refractivity contribution is 6.06. The maximum Gasteiger partial charge on any atom is 0.291 e. The van der Waals surface area contributed by atoms with Crippen LogP contribution in [-0.2, 0) is 13.0 Å². The summed E-state index contributed by atoms with van der Waals surface area (Å²) in [7, 11) is 0. The summed E-state index contributed by atoms with van der Waals surface area (Å²) in [6.45, 7) is 4.39. The van der Waals surface area contributed by atoms with Gasteiger partial charge in [-0.05, 0) is 45.2 Å². The van der Waals surface area contributed by atoms with Crippen LogP contribution in [0.1, 0.15) is 51.0 Å². The van der Waals surface area contributed by atoms with Gasteiger partial charge in [0.25, 0.3) is 11.8 Å². The fraction of sp³-hybridized carbons (Fsp3) is 0.300. The molecular weight excluding hydrogens is 358 g/mol. The van der Waals surface area contributed by atoms with E-state index in [1.54, 1.807) is 13.0 Å². The van der Waals surface area contributed by atoms with Gasteiger partial charge in [-0.15, -0.1) is 0 Å². The zero-order valence-electron chi connectivity index (χ0n) is 15.8. The van der Waals surface area contributed by atoms with Crippen LogP contribution in [0.25, 0.3) is 0 Å². The SMILES string of the molecule is Cc1ccc(NC(=O)c2nc(C(=O)Nc3cc(C)on3)c3n2CCCC3)cc1. The van der Waals surface area contributed by atoms with E-state index in [1.807, 2.05) is 35.8 Å². The standard InChI is InChI=1S/C20H21N5O3/c1-12-6-8-14(9-7-12)21-20(27)18-23-17(15-5-3-4-10-25(15)18)19(26)22-16-11-13(2)28-24-16/h6-9,11H,3-5,10H2,1-2H3,(H,21,27)(H,22,24,26). The first-order valence-corrected chi connectivity index (χ1v) is 9.23. The van der Waals surface area contributed by atoms with Gasteiger partial charge in [0.2, 0.25) is 0 Å². The average Bonchev–Trinajstić information content (AvgIpc) is 3.27. The number of carbonyl (C=O) groups is 2. The molecule has 8 nitrogen and oxygen atoms in total. The fourth-order valence-corrected chi connectivity index (χ4v) is 3.32. The number of hydrogen-bond donors (Lipinski definition) is 2. The highest BCUT2D eigenvalue weighted by Gasteiger charge is 2.28. The maximum atomic E-state index is 12.8. The van der Waals surface area contributed by atoms with Crippen LogP contribution in [0, 0.1) is 13.8 Å². The zero-order valence-corrected chi connectivity index (χ0v) is 15.8. The molecule has 1 aliphatic rings. The minimum atomic E-state index is -0.395. The quantitative estimate of drug-likeness (QED) is 0.724. The first-order valence-electron chi connectivity index (χ1n) is 9.23. The summed E-state index contributed by atoms with van der Waals surface area (Å²) in [5.74, 6) is 0.444. The highest BCUT2D eigenvalue weighted by Crippen LogP contribution is 2.23. The van der Waals surface area contributed by atoms with Gasteiger partial charge < -0.3 is 19.7 Å². The molecule has 2 amide bonds. The number of amides is 2. The number of hydrogen-bond acceptors (Lipinski definition) is 5. The van der Waals surface area contributed by atoms with Gasteiger partial charge in [0.05, 0.1) is 5.69 Å². The molecule has 1 aliphatic heterocycles. The Morgan fingerprint density at radius 2 is 1.86 bits per heavy atom. The van der Waals surface area contributed by atoms with Crippen LogP contribution < -0.4 is 10.6 Å². The molecule has 0 bridgehead atoms. The van der Waals surface area contributed by atoms with Gasteiger partial charge in [-0.2, -0.15) is 0 Å². The molecule has 3 heterocycles. The first kappa shape index (κ1) is 18.0. The second-order valence-electron chi connectivity index (χ2n) is 6.94. The number of anilines is 2. The van der Waals surface area contributed by atoms with Crippen molar-refractivity contribution in [2.45, 2.75) is 39.7 Å². The molecular formula is C20H21N5O3. The van der Waals surface area contributed by atoms with E-state index in [0.29, 0.717) is 30.2 Å². The lowest BCUT2D eigenvalue weighted by molar-refractivity contribution is 0.101. The molecule has 1 aromatic carbocycles. The lowest BCUT2D eigenvalue weighted by atomic mass is 10.1. The van der Waals surface area contributed by atoms with Crippen molar-refractivity contribution in [2.24, 2.45) is 0 Å². The number of rotatable bonds is 4. The Morgan fingerprint density at radius 3 is 2.57 bits per heavy atom. The van der Waals surface area contributed by atoms with E-state index in [4.69, 9.17) is 4.52 Å². The van der Waals surface area contributed by atoms with E-state index in [2.05, 4.69) is 20.8 Å². The van der Waals surface area contributed by atoms with Crippen LogP contribution in [-0.4, -0.2) is 26.5 Å². The molecule has 0 unspecified atom stereocenters. The normalized spacial score (nSPS) is 13.1. The second kappa shape index (κ2) is 7.30. The van der Waals surface area contributed by atoms with E-state index in [9.17, 15) is 9.59 Å². The Balaban J connectivity index is 1.61. The van der Waals surface area contributed by atoms with Crippen molar-refractivity contribution in [1.29, 1.82) is 0 Å². The van der Waals surface area contributed by atoms with Crippen LogP contribution in [0.2, 0.25) is 0 Å². The molecule has 0 saturated heterocycles.